The molecule has 2 rings (SSSR count). The molecule has 0 atom stereocenters. The number of hydrogen-bond acceptors (Lipinski definition) is 3. The minimum Gasteiger partial charge on any atom is -0.476 e. The average molecular weight is 247 g/mol. The highest BCUT2D eigenvalue weighted by molar-refractivity contribution is 5.87. The minimum atomic E-state index is -1.16. The second-order valence-corrected chi connectivity index (χ2v) is 4.12. The predicted molar refractivity (Wildman–Crippen MR) is 64.9 cm³/mol. The Balaban J connectivity index is 2.48. The standard InChI is InChI=1S/C13H13NO4/c1-8-5-3-4-6-10(8)7-14-11(12(15)16)9(2)13(17)18-14/h3-6H,7H2,1-2H3,(H,15,16). The van der Waals surface area contributed by atoms with Crippen LogP contribution in [0.25, 0.3) is 0 Å². The van der Waals surface area contributed by atoms with E-state index >= 15 is 0 Å². The summed E-state index contributed by atoms with van der Waals surface area (Å²) in [4.78, 5) is 22.5. The molecule has 0 spiro atoms. The van der Waals surface area contributed by atoms with Crippen molar-refractivity contribution in [3.05, 3.63) is 57.1 Å². The molecule has 1 N–H and O–H groups in total. The van der Waals surface area contributed by atoms with Gasteiger partial charge in [-0.05, 0) is 25.0 Å². The van der Waals surface area contributed by atoms with E-state index in [9.17, 15) is 9.59 Å². The van der Waals surface area contributed by atoms with E-state index in [1.807, 2.05) is 31.2 Å². The maximum atomic E-state index is 11.4. The fraction of sp³-hybridized carbons (Fsp3) is 0.231. The molecule has 0 aliphatic heterocycles. The molecule has 0 amide bonds. The molecule has 1 aromatic heterocycles. The molecular formula is C13H13NO4. The third kappa shape index (κ3) is 2.07. The highest BCUT2D eigenvalue weighted by Crippen LogP contribution is 2.12. The third-order valence-electron chi connectivity index (χ3n) is 2.88. The van der Waals surface area contributed by atoms with Gasteiger partial charge in [-0.1, -0.05) is 24.3 Å². The SMILES string of the molecule is Cc1ccccc1Cn1oc(=O)c(C)c1C(=O)O. The van der Waals surface area contributed by atoms with E-state index in [-0.39, 0.29) is 17.8 Å². The van der Waals surface area contributed by atoms with E-state index in [0.717, 1.165) is 15.9 Å². The Labute approximate surface area is 103 Å². The number of rotatable bonds is 3. The number of carboxylic acids is 1. The molecule has 0 saturated heterocycles. The molecule has 0 unspecified atom stereocenters. The van der Waals surface area contributed by atoms with Crippen LogP contribution in [0.15, 0.2) is 33.6 Å². The van der Waals surface area contributed by atoms with E-state index in [0.29, 0.717) is 0 Å². The number of benzene rings is 1. The summed E-state index contributed by atoms with van der Waals surface area (Å²) >= 11 is 0. The van der Waals surface area contributed by atoms with Crippen LogP contribution in [0.4, 0.5) is 0 Å². The van der Waals surface area contributed by atoms with Crippen LogP contribution in [-0.2, 0) is 6.54 Å². The normalized spacial score (nSPS) is 10.6. The van der Waals surface area contributed by atoms with Crippen molar-refractivity contribution >= 4 is 5.97 Å². The monoisotopic (exact) mass is 247 g/mol. The summed E-state index contributed by atoms with van der Waals surface area (Å²) in [6.45, 7) is 3.60. The molecule has 18 heavy (non-hydrogen) atoms. The van der Waals surface area contributed by atoms with Crippen LogP contribution in [0.2, 0.25) is 0 Å². The lowest BCUT2D eigenvalue weighted by atomic mass is 10.1. The lowest BCUT2D eigenvalue weighted by molar-refractivity contribution is 0.0669. The number of hydrogen-bond donors (Lipinski definition) is 1. The number of aryl methyl sites for hydroxylation is 1. The molecule has 0 bridgehead atoms. The quantitative estimate of drug-likeness (QED) is 0.897. The van der Waals surface area contributed by atoms with E-state index in [4.69, 9.17) is 9.63 Å². The molecule has 0 aliphatic rings. The largest absolute Gasteiger partial charge is 0.476 e. The number of carboxylic acid groups (broad SMARTS) is 1. The van der Waals surface area contributed by atoms with Crippen molar-refractivity contribution in [3.63, 3.8) is 0 Å². The zero-order valence-corrected chi connectivity index (χ0v) is 10.1. The van der Waals surface area contributed by atoms with Gasteiger partial charge < -0.3 is 9.63 Å². The number of aromatic nitrogens is 1. The average Bonchev–Trinajstić information content (AvgIpc) is 2.58. The van der Waals surface area contributed by atoms with Gasteiger partial charge in [0.05, 0.1) is 12.1 Å². The molecule has 94 valence electrons. The summed E-state index contributed by atoms with van der Waals surface area (Å²) in [6, 6.07) is 7.55. The van der Waals surface area contributed by atoms with Gasteiger partial charge in [-0.15, -0.1) is 0 Å². The Kier molecular flexibility index (Phi) is 3.06. The van der Waals surface area contributed by atoms with Crippen molar-refractivity contribution in [2.24, 2.45) is 0 Å². The predicted octanol–water partition coefficient (Wildman–Crippen LogP) is 1.80. The van der Waals surface area contributed by atoms with Gasteiger partial charge in [-0.2, -0.15) is 4.74 Å². The highest BCUT2D eigenvalue weighted by Gasteiger charge is 2.20. The second-order valence-electron chi connectivity index (χ2n) is 4.12. The lowest BCUT2D eigenvalue weighted by Crippen LogP contribution is -2.10. The van der Waals surface area contributed by atoms with Crippen molar-refractivity contribution in [1.82, 2.24) is 4.74 Å². The fourth-order valence-electron chi connectivity index (χ4n) is 1.82. The van der Waals surface area contributed by atoms with Crippen LogP contribution in [0.3, 0.4) is 0 Å². The van der Waals surface area contributed by atoms with E-state index < -0.39 is 11.6 Å². The van der Waals surface area contributed by atoms with Crippen LogP contribution in [-0.4, -0.2) is 15.8 Å². The summed E-state index contributed by atoms with van der Waals surface area (Å²) in [5.74, 6) is -1.16. The molecule has 2 aromatic rings. The van der Waals surface area contributed by atoms with Crippen LogP contribution < -0.4 is 5.63 Å². The van der Waals surface area contributed by atoms with Crippen molar-refractivity contribution in [2.75, 3.05) is 0 Å². The van der Waals surface area contributed by atoms with Crippen molar-refractivity contribution < 1.29 is 14.4 Å². The first kappa shape index (κ1) is 12.2. The Morgan fingerprint density at radius 1 is 1.33 bits per heavy atom. The summed E-state index contributed by atoms with van der Waals surface area (Å²) in [5.41, 5.74) is 1.35. The van der Waals surface area contributed by atoms with Gasteiger partial charge in [0, 0.05) is 0 Å². The van der Waals surface area contributed by atoms with Crippen molar-refractivity contribution in [2.45, 2.75) is 20.4 Å². The first-order chi connectivity index (χ1) is 8.50. The van der Waals surface area contributed by atoms with Gasteiger partial charge in [-0.3, -0.25) is 0 Å². The van der Waals surface area contributed by atoms with Crippen LogP contribution in [0.1, 0.15) is 27.2 Å². The van der Waals surface area contributed by atoms with E-state index in [2.05, 4.69) is 0 Å². The fourth-order valence-corrected chi connectivity index (χ4v) is 1.82. The molecule has 1 heterocycles. The van der Waals surface area contributed by atoms with E-state index in [1.165, 1.54) is 6.92 Å². The summed E-state index contributed by atoms with van der Waals surface area (Å²) < 4.78 is 6.07. The number of nitrogens with zero attached hydrogens (tertiary/aromatic N) is 1. The zero-order valence-electron chi connectivity index (χ0n) is 10.1. The molecule has 1 aromatic carbocycles. The zero-order chi connectivity index (χ0) is 13.3. The maximum Gasteiger partial charge on any atom is 0.361 e. The van der Waals surface area contributed by atoms with Gasteiger partial charge in [0.15, 0.2) is 5.69 Å². The third-order valence-corrected chi connectivity index (χ3v) is 2.88. The van der Waals surface area contributed by atoms with E-state index in [1.54, 1.807) is 0 Å². The second kappa shape index (κ2) is 4.52. The molecule has 0 fully saturated rings. The van der Waals surface area contributed by atoms with Gasteiger partial charge in [0.1, 0.15) is 0 Å². The molecule has 5 nitrogen and oxygen atoms in total. The Bertz CT molecular complexity index is 651. The molecule has 0 saturated carbocycles. The minimum absolute atomic E-state index is 0.0942. The van der Waals surface area contributed by atoms with Gasteiger partial charge in [0.25, 0.3) is 0 Å². The summed E-state index contributed by atoms with van der Waals surface area (Å²) in [5, 5.41) is 9.09. The smallest absolute Gasteiger partial charge is 0.361 e. The van der Waals surface area contributed by atoms with Crippen LogP contribution in [0, 0.1) is 13.8 Å². The number of aromatic carboxylic acids is 1. The summed E-state index contributed by atoms with van der Waals surface area (Å²) in [6.07, 6.45) is 0. The van der Waals surface area contributed by atoms with Crippen LogP contribution in [0.5, 0.6) is 0 Å². The molecular weight excluding hydrogens is 234 g/mol. The molecule has 5 heteroatoms. The molecule has 0 aliphatic carbocycles. The Morgan fingerprint density at radius 2 is 2.00 bits per heavy atom. The van der Waals surface area contributed by atoms with Gasteiger partial charge in [0.2, 0.25) is 0 Å². The topological polar surface area (TPSA) is 72.4 Å². The van der Waals surface area contributed by atoms with Crippen molar-refractivity contribution in [3.8, 4) is 0 Å². The first-order valence-electron chi connectivity index (χ1n) is 5.49. The van der Waals surface area contributed by atoms with Gasteiger partial charge in [-0.25, -0.2) is 9.59 Å². The highest BCUT2D eigenvalue weighted by atomic mass is 16.5. The molecule has 0 radical (unpaired) electrons. The van der Waals surface area contributed by atoms with Gasteiger partial charge >= 0.3 is 11.6 Å². The van der Waals surface area contributed by atoms with Crippen molar-refractivity contribution in [1.29, 1.82) is 0 Å². The lowest BCUT2D eigenvalue weighted by Gasteiger charge is -2.06. The number of carbonyl (C=O) groups is 1. The first-order valence-corrected chi connectivity index (χ1v) is 5.49. The Morgan fingerprint density at radius 3 is 2.61 bits per heavy atom. The Hall–Kier alpha value is -2.30. The summed E-state index contributed by atoms with van der Waals surface area (Å²) in [7, 11) is 0. The van der Waals surface area contributed by atoms with Crippen LogP contribution >= 0.6 is 0 Å². The maximum absolute atomic E-state index is 11.4.